The zero-order valence-electron chi connectivity index (χ0n) is 6.98. The zero-order chi connectivity index (χ0) is 10.7. The fourth-order valence-electron chi connectivity index (χ4n) is 0.994. The van der Waals surface area contributed by atoms with Crippen LogP contribution in [0, 0.1) is 0 Å². The van der Waals surface area contributed by atoms with E-state index in [1.165, 1.54) is 0 Å². The lowest BCUT2D eigenvalue weighted by molar-refractivity contribution is 0.145. The van der Waals surface area contributed by atoms with Crippen LogP contribution in [0.15, 0.2) is 6.07 Å². The van der Waals surface area contributed by atoms with Crippen LogP contribution in [0.1, 0.15) is 23.4 Å². The van der Waals surface area contributed by atoms with E-state index in [9.17, 15) is 8.78 Å². The van der Waals surface area contributed by atoms with Crippen LogP contribution in [0.3, 0.4) is 0 Å². The second-order valence-electron chi connectivity index (χ2n) is 2.55. The van der Waals surface area contributed by atoms with E-state index in [1.54, 1.807) is 0 Å². The van der Waals surface area contributed by atoms with Crippen molar-refractivity contribution < 1.29 is 13.9 Å². The molecule has 0 aliphatic carbocycles. The van der Waals surface area contributed by atoms with E-state index < -0.39 is 18.7 Å². The van der Waals surface area contributed by atoms with Crippen molar-refractivity contribution in [1.29, 1.82) is 0 Å². The minimum Gasteiger partial charge on any atom is -0.390 e. The Balaban J connectivity index is 3.24. The van der Waals surface area contributed by atoms with Crippen LogP contribution >= 0.6 is 23.2 Å². The topological polar surface area (TPSA) is 33.1 Å². The summed E-state index contributed by atoms with van der Waals surface area (Å²) in [4.78, 5) is 3.55. The summed E-state index contributed by atoms with van der Waals surface area (Å²) in [6.07, 6.45) is -2.71. The monoisotopic (exact) mass is 241 g/mol. The summed E-state index contributed by atoms with van der Waals surface area (Å²) in [5.41, 5.74) is 0.0379. The fraction of sp³-hybridized carbons (Fsp3) is 0.375. The quantitative estimate of drug-likeness (QED) is 0.826. The Morgan fingerprint density at radius 3 is 2.57 bits per heavy atom. The van der Waals surface area contributed by atoms with Crippen molar-refractivity contribution in [2.45, 2.75) is 18.9 Å². The van der Waals surface area contributed by atoms with Gasteiger partial charge in [-0.1, -0.05) is 11.6 Å². The lowest BCUT2D eigenvalue weighted by Gasteiger charge is -2.08. The van der Waals surface area contributed by atoms with Crippen molar-refractivity contribution in [3.8, 4) is 0 Å². The van der Waals surface area contributed by atoms with Crippen molar-refractivity contribution in [3.63, 3.8) is 0 Å². The van der Waals surface area contributed by atoms with Crippen molar-refractivity contribution >= 4 is 23.2 Å². The molecular formula is C8H7Cl2F2NO. The first kappa shape index (κ1) is 11.6. The van der Waals surface area contributed by atoms with E-state index in [1.807, 2.05) is 0 Å². The van der Waals surface area contributed by atoms with Gasteiger partial charge >= 0.3 is 0 Å². The van der Waals surface area contributed by atoms with Gasteiger partial charge in [0.15, 0.2) is 0 Å². The predicted octanol–water partition coefficient (Wildman–Crippen LogP) is 2.90. The molecule has 0 aliphatic rings. The van der Waals surface area contributed by atoms with Crippen LogP contribution < -0.4 is 0 Å². The number of aliphatic hydroxyl groups excluding tert-OH is 1. The number of halogens is 4. The van der Waals surface area contributed by atoms with Gasteiger partial charge in [0.2, 0.25) is 0 Å². The van der Waals surface area contributed by atoms with Crippen molar-refractivity contribution in [1.82, 2.24) is 4.98 Å². The van der Waals surface area contributed by atoms with Crippen molar-refractivity contribution in [2.75, 3.05) is 0 Å². The summed E-state index contributed by atoms with van der Waals surface area (Å²) in [5.74, 6) is 0.0330. The van der Waals surface area contributed by atoms with Gasteiger partial charge in [-0.2, -0.15) is 0 Å². The molecule has 0 spiro atoms. The molecule has 0 atom stereocenters. The maximum absolute atomic E-state index is 12.3. The average Bonchev–Trinajstić information content (AvgIpc) is 2.16. The molecule has 0 unspecified atom stereocenters. The lowest BCUT2D eigenvalue weighted by atomic mass is 10.2. The first-order chi connectivity index (χ1) is 6.60. The molecule has 1 aromatic heterocycles. The first-order valence-corrected chi connectivity index (χ1v) is 4.64. The molecule has 0 fully saturated rings. The van der Waals surface area contributed by atoms with E-state index in [4.69, 9.17) is 28.3 Å². The minimum absolute atomic E-state index is 0.0330. The largest absolute Gasteiger partial charge is 0.390 e. The fourth-order valence-corrected chi connectivity index (χ4v) is 1.65. The van der Waals surface area contributed by atoms with E-state index >= 15 is 0 Å². The summed E-state index contributed by atoms with van der Waals surface area (Å²) in [7, 11) is 0. The van der Waals surface area contributed by atoms with Gasteiger partial charge in [-0.25, -0.2) is 13.8 Å². The van der Waals surface area contributed by atoms with E-state index in [2.05, 4.69) is 4.98 Å². The second kappa shape index (κ2) is 4.87. The normalized spacial score (nSPS) is 11.0. The highest BCUT2D eigenvalue weighted by molar-refractivity contribution is 6.32. The number of aliphatic hydroxyl groups is 1. The van der Waals surface area contributed by atoms with Crippen molar-refractivity contribution in [3.05, 3.63) is 28.0 Å². The highest BCUT2D eigenvalue weighted by Crippen LogP contribution is 2.26. The summed E-state index contributed by atoms with van der Waals surface area (Å²) in [6.45, 7) is -0.456. The smallest absolute Gasteiger partial charge is 0.280 e. The molecule has 1 rings (SSSR count). The van der Waals surface area contributed by atoms with Gasteiger partial charge in [0, 0.05) is 10.6 Å². The molecule has 0 aromatic carbocycles. The summed E-state index contributed by atoms with van der Waals surface area (Å²) >= 11 is 11.2. The van der Waals surface area contributed by atoms with E-state index in [-0.39, 0.29) is 16.6 Å². The van der Waals surface area contributed by atoms with Crippen molar-refractivity contribution in [2.24, 2.45) is 0 Å². The van der Waals surface area contributed by atoms with Gasteiger partial charge in [-0.15, -0.1) is 11.6 Å². The molecular weight excluding hydrogens is 235 g/mol. The molecule has 2 nitrogen and oxygen atoms in total. The maximum Gasteiger partial charge on any atom is 0.280 e. The summed E-state index contributed by atoms with van der Waals surface area (Å²) in [5, 5.41) is 8.96. The SMILES string of the molecule is OCc1nc(C(F)F)cc(Cl)c1CCl. The molecule has 0 bridgehead atoms. The molecule has 78 valence electrons. The summed E-state index contributed by atoms with van der Waals surface area (Å²) in [6, 6.07) is 1.06. The molecule has 0 saturated carbocycles. The first-order valence-electron chi connectivity index (χ1n) is 3.73. The number of aromatic nitrogens is 1. The third kappa shape index (κ3) is 2.32. The Hall–Kier alpha value is -0.450. The van der Waals surface area contributed by atoms with Crippen LogP contribution in [0.2, 0.25) is 5.02 Å². The van der Waals surface area contributed by atoms with Gasteiger partial charge in [0.05, 0.1) is 18.2 Å². The Morgan fingerprint density at radius 2 is 2.14 bits per heavy atom. The average molecular weight is 242 g/mol. The molecule has 0 aliphatic heterocycles. The van der Waals surface area contributed by atoms with Crippen LogP contribution in [0.25, 0.3) is 0 Å². The number of rotatable bonds is 3. The molecule has 1 heterocycles. The summed E-state index contributed by atoms with van der Waals surface area (Å²) < 4.78 is 24.5. The molecule has 6 heteroatoms. The van der Waals surface area contributed by atoms with Gasteiger partial charge in [-0.05, 0) is 6.07 Å². The maximum atomic E-state index is 12.3. The van der Waals surface area contributed by atoms with Gasteiger partial charge in [-0.3, -0.25) is 0 Å². The molecule has 0 saturated heterocycles. The zero-order valence-corrected chi connectivity index (χ0v) is 8.49. The number of pyridine rings is 1. The predicted molar refractivity (Wildman–Crippen MR) is 49.7 cm³/mol. The highest BCUT2D eigenvalue weighted by atomic mass is 35.5. The Bertz CT molecular complexity index is 333. The molecule has 1 aromatic rings. The number of alkyl halides is 3. The Morgan fingerprint density at radius 1 is 1.50 bits per heavy atom. The van der Waals surface area contributed by atoms with E-state index in [0.717, 1.165) is 6.07 Å². The minimum atomic E-state index is -2.71. The van der Waals surface area contributed by atoms with Crippen LogP contribution in [0.5, 0.6) is 0 Å². The van der Waals surface area contributed by atoms with Crippen LogP contribution in [-0.2, 0) is 12.5 Å². The highest BCUT2D eigenvalue weighted by Gasteiger charge is 2.15. The van der Waals surface area contributed by atoms with Gasteiger partial charge < -0.3 is 5.11 Å². The molecule has 14 heavy (non-hydrogen) atoms. The number of hydrogen-bond acceptors (Lipinski definition) is 2. The molecule has 1 N–H and O–H groups in total. The third-order valence-electron chi connectivity index (χ3n) is 1.68. The Kier molecular flexibility index (Phi) is 4.04. The molecule has 0 radical (unpaired) electrons. The number of hydrogen-bond donors (Lipinski definition) is 1. The van der Waals surface area contributed by atoms with Gasteiger partial charge in [0.1, 0.15) is 5.69 Å². The van der Waals surface area contributed by atoms with Crippen LogP contribution in [0.4, 0.5) is 8.78 Å². The van der Waals surface area contributed by atoms with E-state index in [0.29, 0.717) is 5.56 Å². The Labute approximate surface area is 89.5 Å². The molecule has 0 amide bonds. The lowest BCUT2D eigenvalue weighted by Crippen LogP contribution is -2.01. The number of nitrogens with zero attached hydrogens (tertiary/aromatic N) is 1. The second-order valence-corrected chi connectivity index (χ2v) is 3.22. The van der Waals surface area contributed by atoms with Crippen LogP contribution in [-0.4, -0.2) is 10.1 Å². The standard InChI is InChI=1S/C8H7Cl2F2NO/c9-2-4-5(10)1-6(8(11)12)13-7(4)3-14/h1,8,14H,2-3H2. The van der Waals surface area contributed by atoms with Gasteiger partial charge in [0.25, 0.3) is 6.43 Å². The third-order valence-corrected chi connectivity index (χ3v) is 2.29.